The zero-order valence-electron chi connectivity index (χ0n) is 11.6. The lowest BCUT2D eigenvalue weighted by atomic mass is 10.2. The molecule has 108 valence electrons. The number of benzene rings is 2. The maximum absolute atomic E-state index is 8.95. The van der Waals surface area contributed by atoms with Crippen molar-refractivity contribution in [3.63, 3.8) is 0 Å². The van der Waals surface area contributed by atoms with Crippen molar-refractivity contribution < 1.29 is 9.47 Å². The zero-order chi connectivity index (χ0) is 14.9. The smallest absolute Gasteiger partial charge is 0.137 e. The van der Waals surface area contributed by atoms with E-state index in [4.69, 9.17) is 14.7 Å². The quantitative estimate of drug-likeness (QED) is 0.702. The Morgan fingerprint density at radius 2 is 1.76 bits per heavy atom. The second-order valence-corrected chi connectivity index (χ2v) is 5.31. The minimum atomic E-state index is 0.536. The van der Waals surface area contributed by atoms with Gasteiger partial charge in [-0.2, -0.15) is 5.26 Å². The highest BCUT2D eigenvalue weighted by Crippen LogP contribution is 2.17. The highest BCUT2D eigenvalue weighted by atomic mass is 79.9. The molecule has 0 unspecified atom stereocenters. The molecule has 0 saturated heterocycles. The van der Waals surface area contributed by atoms with Gasteiger partial charge < -0.3 is 9.47 Å². The summed E-state index contributed by atoms with van der Waals surface area (Å²) in [6.45, 7) is 1.74. The van der Waals surface area contributed by atoms with E-state index in [9.17, 15) is 0 Å². The fourth-order valence-electron chi connectivity index (χ4n) is 1.83. The van der Waals surface area contributed by atoms with Crippen LogP contribution in [0.25, 0.3) is 0 Å². The Balaban J connectivity index is 1.67. The number of nitrogens with zero attached hydrogens (tertiary/aromatic N) is 1. The van der Waals surface area contributed by atoms with Gasteiger partial charge in [-0.3, -0.25) is 0 Å². The van der Waals surface area contributed by atoms with E-state index in [0.29, 0.717) is 31.1 Å². The molecule has 3 nitrogen and oxygen atoms in total. The fourth-order valence-corrected chi connectivity index (χ4v) is 2.22. The Morgan fingerprint density at radius 1 is 1.00 bits per heavy atom. The van der Waals surface area contributed by atoms with Gasteiger partial charge in [0.05, 0.1) is 25.4 Å². The summed E-state index contributed by atoms with van der Waals surface area (Å²) in [5.74, 6) is 0.630. The monoisotopic (exact) mass is 345 g/mol. The molecule has 21 heavy (non-hydrogen) atoms. The van der Waals surface area contributed by atoms with Crippen LogP contribution in [0.4, 0.5) is 0 Å². The first-order chi connectivity index (χ1) is 10.3. The van der Waals surface area contributed by atoms with E-state index in [1.54, 1.807) is 12.1 Å². The predicted molar refractivity (Wildman–Crippen MR) is 85.1 cm³/mol. The van der Waals surface area contributed by atoms with Crippen molar-refractivity contribution >= 4 is 15.9 Å². The lowest BCUT2D eigenvalue weighted by Crippen LogP contribution is -2.04. The van der Waals surface area contributed by atoms with Gasteiger partial charge in [0.15, 0.2) is 0 Å². The molecule has 0 aromatic heterocycles. The molecule has 0 radical (unpaired) electrons. The molecule has 0 atom stereocenters. The summed E-state index contributed by atoms with van der Waals surface area (Å²) >= 11 is 3.49. The zero-order valence-corrected chi connectivity index (χ0v) is 13.2. The standard InChI is InChI=1S/C17H16BrNO2/c18-16-8-3-1-7-15(16)13-20-10-5-11-21-17-9-4-2-6-14(17)12-19/h1-4,6-9H,5,10-11,13H2. The van der Waals surface area contributed by atoms with Crippen LogP contribution in [0.2, 0.25) is 0 Å². The fraction of sp³-hybridized carbons (Fsp3) is 0.235. The summed E-state index contributed by atoms with van der Waals surface area (Å²) in [5.41, 5.74) is 1.69. The number of ether oxygens (including phenoxy) is 2. The Labute approximate surface area is 133 Å². The molecule has 0 fully saturated rings. The number of hydrogen-bond donors (Lipinski definition) is 0. The van der Waals surface area contributed by atoms with Crippen LogP contribution < -0.4 is 4.74 Å². The molecule has 0 aliphatic carbocycles. The third-order valence-corrected chi connectivity index (χ3v) is 3.69. The van der Waals surface area contributed by atoms with Crippen molar-refractivity contribution in [3.8, 4) is 11.8 Å². The SMILES string of the molecule is N#Cc1ccccc1OCCCOCc1ccccc1Br. The molecule has 2 aromatic rings. The lowest BCUT2D eigenvalue weighted by Gasteiger charge is -2.08. The second kappa shape index (κ2) is 8.46. The Bertz CT molecular complexity index is 622. The molecule has 2 rings (SSSR count). The van der Waals surface area contributed by atoms with E-state index in [-0.39, 0.29) is 0 Å². The molecule has 2 aromatic carbocycles. The van der Waals surface area contributed by atoms with Gasteiger partial charge in [0.25, 0.3) is 0 Å². The molecule has 0 N–H and O–H groups in total. The average Bonchev–Trinajstić information content (AvgIpc) is 2.52. The first-order valence-corrected chi connectivity index (χ1v) is 7.53. The average molecular weight is 346 g/mol. The largest absolute Gasteiger partial charge is 0.492 e. The van der Waals surface area contributed by atoms with E-state index in [1.807, 2.05) is 36.4 Å². The Morgan fingerprint density at radius 3 is 2.57 bits per heavy atom. The van der Waals surface area contributed by atoms with Crippen molar-refractivity contribution in [2.24, 2.45) is 0 Å². The van der Waals surface area contributed by atoms with Crippen LogP contribution in [0.1, 0.15) is 17.5 Å². The highest BCUT2D eigenvalue weighted by molar-refractivity contribution is 9.10. The molecule has 0 heterocycles. The number of para-hydroxylation sites is 1. The maximum atomic E-state index is 8.95. The lowest BCUT2D eigenvalue weighted by molar-refractivity contribution is 0.107. The highest BCUT2D eigenvalue weighted by Gasteiger charge is 2.01. The van der Waals surface area contributed by atoms with Crippen molar-refractivity contribution in [3.05, 3.63) is 64.1 Å². The molecule has 0 saturated carbocycles. The van der Waals surface area contributed by atoms with Crippen LogP contribution in [-0.4, -0.2) is 13.2 Å². The maximum Gasteiger partial charge on any atom is 0.137 e. The van der Waals surface area contributed by atoms with Crippen LogP contribution >= 0.6 is 15.9 Å². The van der Waals surface area contributed by atoms with Gasteiger partial charge in [-0.15, -0.1) is 0 Å². The van der Waals surface area contributed by atoms with E-state index in [1.165, 1.54) is 0 Å². The Kier molecular flexibility index (Phi) is 6.26. The van der Waals surface area contributed by atoms with E-state index >= 15 is 0 Å². The molecular weight excluding hydrogens is 330 g/mol. The summed E-state index contributed by atoms with van der Waals surface area (Å²) in [4.78, 5) is 0. The van der Waals surface area contributed by atoms with Crippen LogP contribution in [0.5, 0.6) is 5.75 Å². The van der Waals surface area contributed by atoms with E-state index < -0.39 is 0 Å². The van der Waals surface area contributed by atoms with Crippen LogP contribution in [0.15, 0.2) is 53.0 Å². The van der Waals surface area contributed by atoms with Crippen molar-refractivity contribution in [2.75, 3.05) is 13.2 Å². The summed E-state index contributed by atoms with van der Waals surface area (Å²) in [5, 5.41) is 8.95. The van der Waals surface area contributed by atoms with Crippen LogP contribution in [0, 0.1) is 11.3 Å². The summed E-state index contributed by atoms with van der Waals surface area (Å²) in [6.07, 6.45) is 0.782. The van der Waals surface area contributed by atoms with Crippen LogP contribution in [0.3, 0.4) is 0 Å². The molecule has 0 amide bonds. The minimum Gasteiger partial charge on any atom is -0.492 e. The summed E-state index contributed by atoms with van der Waals surface area (Å²) in [7, 11) is 0. The van der Waals surface area contributed by atoms with Crippen molar-refractivity contribution in [1.82, 2.24) is 0 Å². The molecular formula is C17H16BrNO2. The first-order valence-electron chi connectivity index (χ1n) is 6.74. The number of hydrogen-bond acceptors (Lipinski definition) is 3. The van der Waals surface area contributed by atoms with Crippen LogP contribution in [-0.2, 0) is 11.3 Å². The minimum absolute atomic E-state index is 0.536. The first kappa shape index (κ1) is 15.6. The molecule has 4 heteroatoms. The van der Waals surface area contributed by atoms with E-state index in [0.717, 1.165) is 16.5 Å². The Hall–Kier alpha value is -1.83. The van der Waals surface area contributed by atoms with Gasteiger partial charge in [0, 0.05) is 10.9 Å². The molecule has 0 spiro atoms. The van der Waals surface area contributed by atoms with Gasteiger partial charge in [0.1, 0.15) is 11.8 Å². The number of rotatable bonds is 7. The summed E-state index contributed by atoms with van der Waals surface area (Å²) in [6, 6.07) is 17.4. The third kappa shape index (κ3) is 4.89. The molecule has 0 aliphatic heterocycles. The van der Waals surface area contributed by atoms with Gasteiger partial charge >= 0.3 is 0 Å². The van der Waals surface area contributed by atoms with Gasteiger partial charge in [-0.05, 0) is 23.8 Å². The predicted octanol–water partition coefficient (Wildman–Crippen LogP) is 4.31. The number of halogens is 1. The van der Waals surface area contributed by atoms with E-state index in [2.05, 4.69) is 22.0 Å². The van der Waals surface area contributed by atoms with Crippen molar-refractivity contribution in [1.29, 1.82) is 5.26 Å². The molecule has 0 aliphatic rings. The van der Waals surface area contributed by atoms with Crippen molar-refractivity contribution in [2.45, 2.75) is 13.0 Å². The number of nitriles is 1. The summed E-state index contributed by atoms with van der Waals surface area (Å²) < 4.78 is 12.3. The molecule has 0 bridgehead atoms. The normalized spacial score (nSPS) is 10.1. The van der Waals surface area contributed by atoms with Gasteiger partial charge in [-0.1, -0.05) is 46.3 Å². The van der Waals surface area contributed by atoms with Gasteiger partial charge in [0.2, 0.25) is 0 Å². The second-order valence-electron chi connectivity index (χ2n) is 4.45. The third-order valence-electron chi connectivity index (χ3n) is 2.91. The topological polar surface area (TPSA) is 42.2 Å². The van der Waals surface area contributed by atoms with Gasteiger partial charge in [-0.25, -0.2) is 0 Å².